The molecule has 0 aliphatic carbocycles. The summed E-state index contributed by atoms with van der Waals surface area (Å²) in [6.07, 6.45) is 1.10. The first-order chi connectivity index (χ1) is 15.0. The van der Waals surface area contributed by atoms with E-state index in [9.17, 15) is 23.1 Å². The first-order valence-corrected chi connectivity index (χ1v) is 11.9. The smallest absolute Gasteiger partial charge is 0.319 e. The second-order valence-electron chi connectivity index (χ2n) is 7.46. The Bertz CT molecular complexity index is 1110. The van der Waals surface area contributed by atoms with Gasteiger partial charge in [0.1, 0.15) is 5.75 Å². The quantitative estimate of drug-likeness (QED) is 0.389. The van der Waals surface area contributed by atoms with E-state index in [-0.39, 0.29) is 26.3 Å². The number of ketones is 1. The van der Waals surface area contributed by atoms with Crippen LogP contribution in [-0.4, -0.2) is 45.0 Å². The van der Waals surface area contributed by atoms with Gasteiger partial charge < -0.3 is 20.9 Å². The van der Waals surface area contributed by atoms with Gasteiger partial charge in [0.05, 0.1) is 18.0 Å². The molecule has 0 spiro atoms. The van der Waals surface area contributed by atoms with Crippen LogP contribution in [0.15, 0.2) is 47.4 Å². The number of carbonyl (C=O) groups is 2. The van der Waals surface area contributed by atoms with Crippen LogP contribution in [0.1, 0.15) is 18.4 Å². The van der Waals surface area contributed by atoms with Crippen molar-refractivity contribution in [2.75, 3.05) is 13.7 Å². The normalized spacial score (nSPS) is 19.2. The van der Waals surface area contributed by atoms with Gasteiger partial charge in [-0.2, -0.15) is 0 Å². The van der Waals surface area contributed by atoms with Crippen LogP contribution in [0.3, 0.4) is 0 Å². The second-order valence-corrected chi connectivity index (χ2v) is 10.5. The number of hydrogen-bond donors (Lipinski definition) is 3. The lowest BCUT2D eigenvalue weighted by Crippen LogP contribution is -2.59. The van der Waals surface area contributed by atoms with E-state index >= 15 is 0 Å². The third-order valence-corrected chi connectivity index (χ3v) is 8.12. The predicted molar refractivity (Wildman–Crippen MR) is 119 cm³/mol. The molecular formula is C21H22Cl2N2O6S. The van der Waals surface area contributed by atoms with Gasteiger partial charge in [0, 0.05) is 10.0 Å². The van der Waals surface area contributed by atoms with Gasteiger partial charge in [-0.15, -0.1) is 0 Å². The summed E-state index contributed by atoms with van der Waals surface area (Å²) >= 11 is 12.0. The van der Waals surface area contributed by atoms with Crippen molar-refractivity contribution in [3.63, 3.8) is 0 Å². The van der Waals surface area contributed by atoms with E-state index in [1.807, 2.05) is 0 Å². The Labute approximate surface area is 195 Å². The van der Waals surface area contributed by atoms with E-state index in [1.165, 1.54) is 30.3 Å². The van der Waals surface area contributed by atoms with E-state index in [1.54, 1.807) is 0 Å². The van der Waals surface area contributed by atoms with Crippen LogP contribution in [-0.2, 0) is 29.0 Å². The number of hydrogen-bond acceptors (Lipinski definition) is 8. The first-order valence-electron chi connectivity index (χ1n) is 9.66. The molecule has 1 heterocycles. The van der Waals surface area contributed by atoms with Gasteiger partial charge in [-0.25, -0.2) is 8.42 Å². The topological polar surface area (TPSA) is 136 Å². The maximum atomic E-state index is 13.9. The Balaban J connectivity index is 2.31. The fourth-order valence-electron chi connectivity index (χ4n) is 3.83. The van der Waals surface area contributed by atoms with Gasteiger partial charge >= 0.3 is 5.97 Å². The molecule has 32 heavy (non-hydrogen) atoms. The summed E-state index contributed by atoms with van der Waals surface area (Å²) in [5.74, 6) is -3.87. The fraction of sp³-hybridized carbons (Fsp3) is 0.333. The van der Waals surface area contributed by atoms with Crippen LogP contribution in [0.5, 0.6) is 5.75 Å². The monoisotopic (exact) mass is 500 g/mol. The van der Waals surface area contributed by atoms with E-state index in [2.05, 4.69) is 5.32 Å². The SMILES string of the molecule is COC(=O)C(C(=O)[C@H]1CCCN1)C(N)(c1ccc(O)cc1)S(=O)(=O)c1cc(Cl)cc(Cl)c1. The number of nitrogens with one attached hydrogen (secondary N) is 1. The highest BCUT2D eigenvalue weighted by molar-refractivity contribution is 7.92. The number of phenolic OH excluding ortho intramolecular Hbond substituents is 1. The number of Topliss-reactive ketones (excluding diaryl/α,β-unsaturated/α-hetero) is 1. The van der Waals surface area contributed by atoms with Crippen molar-refractivity contribution in [2.45, 2.75) is 28.6 Å². The average Bonchev–Trinajstić information content (AvgIpc) is 3.28. The Hall–Kier alpha value is -2.17. The van der Waals surface area contributed by atoms with Gasteiger partial charge in [0.2, 0.25) is 9.84 Å². The molecule has 1 saturated heterocycles. The molecule has 2 unspecified atom stereocenters. The summed E-state index contributed by atoms with van der Waals surface area (Å²) in [5, 5.41) is 12.7. The third kappa shape index (κ3) is 4.35. The molecule has 0 aromatic heterocycles. The molecule has 172 valence electrons. The Kier molecular flexibility index (Phi) is 7.16. The zero-order valence-corrected chi connectivity index (χ0v) is 19.4. The maximum Gasteiger partial charge on any atom is 0.319 e. The zero-order valence-electron chi connectivity index (χ0n) is 17.0. The van der Waals surface area contributed by atoms with Crippen LogP contribution >= 0.6 is 23.2 Å². The van der Waals surface area contributed by atoms with Crippen molar-refractivity contribution in [3.05, 3.63) is 58.1 Å². The predicted octanol–water partition coefficient (Wildman–Crippen LogP) is 2.39. The van der Waals surface area contributed by atoms with Crippen molar-refractivity contribution in [1.82, 2.24) is 5.32 Å². The van der Waals surface area contributed by atoms with Crippen molar-refractivity contribution < 1.29 is 27.9 Å². The molecular weight excluding hydrogens is 479 g/mol. The van der Waals surface area contributed by atoms with Gasteiger partial charge in [-0.1, -0.05) is 35.3 Å². The lowest BCUT2D eigenvalue weighted by Gasteiger charge is -2.36. The zero-order chi connectivity index (χ0) is 23.7. The third-order valence-electron chi connectivity index (χ3n) is 5.46. The lowest BCUT2D eigenvalue weighted by molar-refractivity contribution is -0.151. The summed E-state index contributed by atoms with van der Waals surface area (Å²) in [6, 6.07) is 7.75. The van der Waals surface area contributed by atoms with Crippen LogP contribution in [0.2, 0.25) is 10.0 Å². The molecule has 0 amide bonds. The lowest BCUT2D eigenvalue weighted by atomic mass is 9.85. The van der Waals surface area contributed by atoms with Gasteiger partial charge in [0.15, 0.2) is 16.6 Å². The van der Waals surface area contributed by atoms with E-state index in [4.69, 9.17) is 33.7 Å². The number of benzene rings is 2. The molecule has 2 aromatic carbocycles. The van der Waals surface area contributed by atoms with Crippen LogP contribution in [0, 0.1) is 5.92 Å². The minimum absolute atomic E-state index is 0.0301. The van der Waals surface area contributed by atoms with E-state index < -0.39 is 38.4 Å². The minimum atomic E-state index is -4.66. The van der Waals surface area contributed by atoms with Crippen molar-refractivity contribution in [3.8, 4) is 5.75 Å². The molecule has 0 radical (unpaired) electrons. The molecule has 3 rings (SSSR count). The molecule has 11 heteroatoms. The second kappa shape index (κ2) is 9.36. The van der Waals surface area contributed by atoms with Crippen LogP contribution in [0.4, 0.5) is 0 Å². The highest BCUT2D eigenvalue weighted by atomic mass is 35.5. The maximum absolute atomic E-state index is 13.9. The summed E-state index contributed by atoms with van der Waals surface area (Å²) in [4.78, 5) is 23.4. The molecule has 1 fully saturated rings. The average molecular weight is 501 g/mol. The summed E-state index contributed by atoms with van der Waals surface area (Å²) in [6.45, 7) is 0.539. The highest BCUT2D eigenvalue weighted by Crippen LogP contribution is 2.41. The Morgan fingerprint density at radius 2 is 1.78 bits per heavy atom. The van der Waals surface area contributed by atoms with Crippen molar-refractivity contribution in [1.29, 1.82) is 0 Å². The molecule has 4 N–H and O–H groups in total. The van der Waals surface area contributed by atoms with Gasteiger partial charge in [0.25, 0.3) is 0 Å². The fourth-order valence-corrected chi connectivity index (χ4v) is 6.41. The molecule has 3 atom stereocenters. The number of methoxy groups -OCH3 is 1. The Morgan fingerprint density at radius 1 is 1.19 bits per heavy atom. The number of sulfone groups is 1. The standard InChI is InChI=1S/C21H22Cl2N2O6S/c1-31-20(28)18(19(27)17-3-2-8-25-17)21(24,12-4-6-15(26)7-5-12)32(29,30)16-10-13(22)9-14(23)11-16/h4-7,9-11,17-18,25-26H,2-3,8,24H2,1H3/t17-,18?,21?/m1/s1. The number of rotatable bonds is 7. The number of carbonyl (C=O) groups excluding carboxylic acids is 2. The van der Waals surface area contributed by atoms with Crippen molar-refractivity contribution >= 4 is 44.8 Å². The molecule has 8 nitrogen and oxygen atoms in total. The molecule has 1 aliphatic rings. The molecule has 2 aromatic rings. The first kappa shape index (κ1) is 24.5. The molecule has 0 bridgehead atoms. The van der Waals surface area contributed by atoms with Crippen LogP contribution in [0.25, 0.3) is 0 Å². The summed E-state index contributed by atoms with van der Waals surface area (Å²) in [7, 11) is -3.62. The van der Waals surface area contributed by atoms with Gasteiger partial charge in [-0.05, 0) is 55.3 Å². The molecule has 1 aliphatic heterocycles. The summed E-state index contributed by atoms with van der Waals surface area (Å²) in [5.41, 5.74) is 6.47. The highest BCUT2D eigenvalue weighted by Gasteiger charge is 2.57. The number of esters is 1. The van der Waals surface area contributed by atoms with Crippen molar-refractivity contribution in [2.24, 2.45) is 11.7 Å². The number of aromatic hydroxyl groups is 1. The van der Waals surface area contributed by atoms with E-state index in [0.717, 1.165) is 19.2 Å². The van der Waals surface area contributed by atoms with Gasteiger partial charge in [-0.3, -0.25) is 9.59 Å². The Morgan fingerprint density at radius 3 is 2.28 bits per heavy atom. The van der Waals surface area contributed by atoms with Crippen LogP contribution < -0.4 is 11.1 Å². The minimum Gasteiger partial charge on any atom is -0.508 e. The van der Waals surface area contributed by atoms with E-state index in [0.29, 0.717) is 19.4 Å². The summed E-state index contributed by atoms with van der Waals surface area (Å²) < 4.78 is 32.7. The number of halogens is 2. The number of nitrogens with two attached hydrogens (primary N) is 1. The largest absolute Gasteiger partial charge is 0.508 e. The molecule has 0 saturated carbocycles. The number of phenols is 1. The number of ether oxygens (including phenoxy) is 1.